The van der Waals surface area contributed by atoms with E-state index in [0.29, 0.717) is 10.7 Å². The Morgan fingerprint density at radius 2 is 1.95 bits per heavy atom. The van der Waals surface area contributed by atoms with Gasteiger partial charge in [-0.1, -0.05) is 26.1 Å². The molecule has 1 saturated heterocycles. The third-order valence-corrected chi connectivity index (χ3v) is 3.42. The van der Waals surface area contributed by atoms with E-state index < -0.39 is 0 Å². The van der Waals surface area contributed by atoms with Crippen LogP contribution in [-0.2, 0) is 0 Å². The van der Waals surface area contributed by atoms with E-state index in [1.54, 1.807) is 12.4 Å². The first-order valence-electron chi connectivity index (χ1n) is 6.65. The lowest BCUT2D eigenvalue weighted by Crippen LogP contribution is -2.47. The summed E-state index contributed by atoms with van der Waals surface area (Å²) >= 11 is 4.87. The molecular formula is C13H21N5S. The zero-order valence-corrected chi connectivity index (χ0v) is 12.4. The van der Waals surface area contributed by atoms with Crippen molar-refractivity contribution < 1.29 is 0 Å². The number of thiocarbonyl (C=S) groups is 1. The summed E-state index contributed by atoms with van der Waals surface area (Å²) in [6, 6.07) is 0. The molecule has 0 aliphatic carbocycles. The molecule has 0 amide bonds. The molecule has 104 valence electrons. The van der Waals surface area contributed by atoms with Crippen molar-refractivity contribution in [2.24, 2.45) is 11.7 Å². The van der Waals surface area contributed by atoms with Gasteiger partial charge in [0.15, 0.2) is 0 Å². The van der Waals surface area contributed by atoms with Gasteiger partial charge in [0.2, 0.25) is 0 Å². The maximum atomic E-state index is 5.52. The average molecular weight is 279 g/mol. The predicted octanol–water partition coefficient (Wildman–Crippen LogP) is 0.889. The van der Waals surface area contributed by atoms with Crippen molar-refractivity contribution >= 4 is 23.0 Å². The first-order valence-corrected chi connectivity index (χ1v) is 7.06. The number of nitrogens with two attached hydrogens (primary N) is 1. The fourth-order valence-electron chi connectivity index (χ4n) is 2.29. The molecule has 0 radical (unpaired) electrons. The zero-order chi connectivity index (χ0) is 13.8. The van der Waals surface area contributed by atoms with Crippen LogP contribution < -0.4 is 10.6 Å². The van der Waals surface area contributed by atoms with E-state index in [1.807, 2.05) is 0 Å². The molecule has 1 aromatic rings. The molecule has 1 fully saturated rings. The van der Waals surface area contributed by atoms with Gasteiger partial charge in [-0.3, -0.25) is 4.90 Å². The van der Waals surface area contributed by atoms with E-state index in [1.165, 1.54) is 6.54 Å². The van der Waals surface area contributed by atoms with Gasteiger partial charge in [0.1, 0.15) is 16.5 Å². The van der Waals surface area contributed by atoms with Crippen molar-refractivity contribution in [3.63, 3.8) is 0 Å². The van der Waals surface area contributed by atoms with Gasteiger partial charge in [0.05, 0.1) is 12.4 Å². The molecule has 0 aromatic carbocycles. The summed E-state index contributed by atoms with van der Waals surface area (Å²) in [5.74, 6) is 1.63. The lowest BCUT2D eigenvalue weighted by atomic mass is 10.2. The Labute approximate surface area is 119 Å². The van der Waals surface area contributed by atoms with Crippen molar-refractivity contribution in [1.82, 2.24) is 14.9 Å². The van der Waals surface area contributed by atoms with Crippen molar-refractivity contribution in [2.45, 2.75) is 13.8 Å². The average Bonchev–Trinajstić information content (AvgIpc) is 2.39. The van der Waals surface area contributed by atoms with Gasteiger partial charge in [-0.25, -0.2) is 9.97 Å². The smallest absolute Gasteiger partial charge is 0.147 e. The van der Waals surface area contributed by atoms with Crippen LogP contribution in [-0.4, -0.2) is 52.6 Å². The highest BCUT2D eigenvalue weighted by atomic mass is 32.1. The van der Waals surface area contributed by atoms with Gasteiger partial charge in [-0.15, -0.1) is 0 Å². The lowest BCUT2D eigenvalue weighted by molar-refractivity contribution is 0.231. The number of hydrogen-bond donors (Lipinski definition) is 1. The van der Waals surface area contributed by atoms with Crippen LogP contribution >= 0.6 is 12.2 Å². The van der Waals surface area contributed by atoms with E-state index in [0.717, 1.165) is 37.9 Å². The highest BCUT2D eigenvalue weighted by Crippen LogP contribution is 2.13. The first kappa shape index (κ1) is 14.1. The fourth-order valence-corrected chi connectivity index (χ4v) is 2.39. The summed E-state index contributed by atoms with van der Waals surface area (Å²) in [7, 11) is 0. The molecule has 2 rings (SSSR count). The molecule has 19 heavy (non-hydrogen) atoms. The van der Waals surface area contributed by atoms with E-state index in [2.05, 4.69) is 33.6 Å². The van der Waals surface area contributed by atoms with Gasteiger partial charge < -0.3 is 10.6 Å². The molecule has 2 N–H and O–H groups in total. The molecule has 6 heteroatoms. The summed E-state index contributed by atoms with van der Waals surface area (Å²) in [6.45, 7) is 9.83. The van der Waals surface area contributed by atoms with Crippen LogP contribution in [0.15, 0.2) is 12.4 Å². The Morgan fingerprint density at radius 1 is 1.26 bits per heavy atom. The Balaban J connectivity index is 1.92. The molecule has 2 heterocycles. The molecule has 0 unspecified atom stereocenters. The predicted molar refractivity (Wildman–Crippen MR) is 81.4 cm³/mol. The number of rotatable bonds is 4. The van der Waals surface area contributed by atoms with Crippen LogP contribution in [0.5, 0.6) is 0 Å². The van der Waals surface area contributed by atoms with Crippen LogP contribution in [0.25, 0.3) is 0 Å². The van der Waals surface area contributed by atoms with Crippen LogP contribution in [0.1, 0.15) is 19.5 Å². The Hall–Kier alpha value is -1.27. The van der Waals surface area contributed by atoms with Gasteiger partial charge in [0, 0.05) is 32.7 Å². The van der Waals surface area contributed by atoms with Gasteiger partial charge >= 0.3 is 0 Å². The molecule has 1 aliphatic heterocycles. The molecular weight excluding hydrogens is 258 g/mol. The third kappa shape index (κ3) is 3.84. The Morgan fingerprint density at radius 3 is 2.42 bits per heavy atom. The number of hydrogen-bond acceptors (Lipinski definition) is 5. The van der Waals surface area contributed by atoms with Gasteiger partial charge in [0.25, 0.3) is 0 Å². The molecule has 0 atom stereocenters. The quantitative estimate of drug-likeness (QED) is 0.826. The molecule has 1 aliphatic rings. The minimum Gasteiger partial charge on any atom is -0.388 e. The van der Waals surface area contributed by atoms with Crippen molar-refractivity contribution in [3.05, 3.63) is 18.1 Å². The summed E-state index contributed by atoms with van der Waals surface area (Å²) < 4.78 is 0. The second kappa shape index (κ2) is 6.25. The highest BCUT2D eigenvalue weighted by Gasteiger charge is 2.18. The lowest BCUT2D eigenvalue weighted by Gasteiger charge is -2.36. The second-order valence-corrected chi connectivity index (χ2v) is 5.75. The third-order valence-electron chi connectivity index (χ3n) is 3.21. The van der Waals surface area contributed by atoms with E-state index >= 15 is 0 Å². The van der Waals surface area contributed by atoms with Gasteiger partial charge in [-0.05, 0) is 5.92 Å². The highest BCUT2D eigenvalue weighted by molar-refractivity contribution is 7.80. The van der Waals surface area contributed by atoms with Gasteiger partial charge in [-0.2, -0.15) is 0 Å². The van der Waals surface area contributed by atoms with E-state index in [9.17, 15) is 0 Å². The summed E-state index contributed by atoms with van der Waals surface area (Å²) in [5.41, 5.74) is 6.10. The van der Waals surface area contributed by atoms with E-state index in [4.69, 9.17) is 18.0 Å². The maximum Gasteiger partial charge on any atom is 0.147 e. The minimum absolute atomic E-state index is 0.292. The molecule has 0 bridgehead atoms. The van der Waals surface area contributed by atoms with Crippen LogP contribution in [0.3, 0.4) is 0 Å². The SMILES string of the molecule is CC(C)CN1CCN(c2cnc(C(N)=S)cn2)CC1. The topological polar surface area (TPSA) is 58.3 Å². The molecule has 5 nitrogen and oxygen atoms in total. The standard InChI is InChI=1S/C13H21N5S/c1-10(2)9-17-3-5-18(6-4-17)12-8-15-11(7-16-12)13(14)19/h7-8,10H,3-6,9H2,1-2H3,(H2,14,19). The largest absolute Gasteiger partial charge is 0.388 e. The first-order chi connectivity index (χ1) is 9.06. The summed E-state index contributed by atoms with van der Waals surface area (Å²) in [6.07, 6.45) is 3.41. The summed E-state index contributed by atoms with van der Waals surface area (Å²) in [4.78, 5) is 13.7. The Kier molecular flexibility index (Phi) is 4.66. The minimum atomic E-state index is 0.292. The normalized spacial score (nSPS) is 16.9. The molecule has 0 saturated carbocycles. The van der Waals surface area contributed by atoms with Crippen LogP contribution in [0.4, 0.5) is 5.82 Å². The summed E-state index contributed by atoms with van der Waals surface area (Å²) in [5, 5.41) is 0. The van der Waals surface area contributed by atoms with Crippen molar-refractivity contribution in [1.29, 1.82) is 0 Å². The second-order valence-electron chi connectivity index (χ2n) is 5.31. The van der Waals surface area contributed by atoms with E-state index in [-0.39, 0.29) is 0 Å². The number of anilines is 1. The van der Waals surface area contributed by atoms with Crippen LogP contribution in [0, 0.1) is 5.92 Å². The number of piperazine rings is 1. The maximum absolute atomic E-state index is 5.52. The monoisotopic (exact) mass is 279 g/mol. The zero-order valence-electron chi connectivity index (χ0n) is 11.5. The Bertz CT molecular complexity index is 423. The molecule has 0 spiro atoms. The van der Waals surface area contributed by atoms with Crippen molar-refractivity contribution in [2.75, 3.05) is 37.6 Å². The molecule has 1 aromatic heterocycles. The van der Waals surface area contributed by atoms with Crippen LogP contribution in [0.2, 0.25) is 0 Å². The number of aromatic nitrogens is 2. The van der Waals surface area contributed by atoms with Crippen molar-refractivity contribution in [3.8, 4) is 0 Å². The fraction of sp³-hybridized carbons (Fsp3) is 0.615. The number of nitrogens with zero attached hydrogens (tertiary/aromatic N) is 4.